The molecule has 0 radical (unpaired) electrons. The molecule has 0 unspecified atom stereocenters. The molecule has 0 saturated heterocycles. The molecule has 0 bridgehead atoms. The number of thiazole rings is 1. The molecule has 3 atom stereocenters. The molecule has 7 heteroatoms. The molecule has 0 aliphatic heterocycles. The molecular formula is C16H21N3O2S2. The van der Waals surface area contributed by atoms with Crippen LogP contribution in [-0.2, 0) is 16.1 Å². The van der Waals surface area contributed by atoms with Gasteiger partial charge in [0.05, 0.1) is 23.2 Å². The Bertz CT molecular complexity index is 642. The summed E-state index contributed by atoms with van der Waals surface area (Å²) in [6.45, 7) is 0.473. The lowest BCUT2D eigenvalue weighted by atomic mass is 9.83. The zero-order valence-corrected chi connectivity index (χ0v) is 14.7. The van der Waals surface area contributed by atoms with Crippen LogP contribution < -0.4 is 11.1 Å². The van der Waals surface area contributed by atoms with Gasteiger partial charge in [0.15, 0.2) is 0 Å². The van der Waals surface area contributed by atoms with Crippen LogP contribution in [0.4, 0.5) is 0 Å². The minimum atomic E-state index is -0.0239. The maximum absolute atomic E-state index is 12.3. The second-order valence-corrected chi connectivity index (χ2v) is 7.59. The van der Waals surface area contributed by atoms with Crippen molar-refractivity contribution in [2.24, 2.45) is 11.7 Å². The van der Waals surface area contributed by atoms with Gasteiger partial charge in [-0.2, -0.15) is 0 Å². The van der Waals surface area contributed by atoms with E-state index in [0.717, 1.165) is 28.4 Å². The van der Waals surface area contributed by atoms with Crippen molar-refractivity contribution in [1.29, 1.82) is 0 Å². The summed E-state index contributed by atoms with van der Waals surface area (Å²) in [4.78, 5) is 18.1. The highest BCUT2D eigenvalue weighted by molar-refractivity contribution is 7.20. The van der Waals surface area contributed by atoms with E-state index in [4.69, 9.17) is 10.5 Å². The Morgan fingerprint density at radius 3 is 3.09 bits per heavy atom. The molecular weight excluding hydrogens is 330 g/mol. The standard InChI is InChI=1S/C16H21N3O2S2/c1-21-13-7-10(4-5-12(13)17)15(20)18-8-11-9-23-16(19-11)14-3-2-6-22-14/h2-3,6,9-10,12-13H,4-5,7-8,17H2,1H3,(H,18,20)/t10-,12-,13-/m0/s1. The number of carbonyl (C=O) groups excluding carboxylic acids is 1. The Labute approximate surface area is 143 Å². The van der Waals surface area contributed by atoms with Crippen LogP contribution in [0.3, 0.4) is 0 Å². The maximum atomic E-state index is 12.3. The summed E-state index contributed by atoms with van der Waals surface area (Å²) in [5.41, 5.74) is 6.91. The number of hydrogen-bond donors (Lipinski definition) is 2. The molecule has 0 spiro atoms. The average molecular weight is 351 g/mol. The van der Waals surface area contributed by atoms with Crippen molar-refractivity contribution in [3.05, 3.63) is 28.6 Å². The molecule has 23 heavy (non-hydrogen) atoms. The normalized spacial score (nSPS) is 24.5. The van der Waals surface area contributed by atoms with Crippen molar-refractivity contribution in [3.63, 3.8) is 0 Å². The van der Waals surface area contributed by atoms with Gasteiger partial charge in [-0.3, -0.25) is 4.79 Å². The number of carbonyl (C=O) groups is 1. The molecule has 1 aliphatic carbocycles. The summed E-state index contributed by atoms with van der Waals surface area (Å²) in [6, 6.07) is 4.11. The Kier molecular flexibility index (Phi) is 5.42. The SMILES string of the molecule is CO[C@H]1C[C@@H](C(=O)NCc2csc(-c3cccs3)n2)CC[C@@H]1N. The summed E-state index contributed by atoms with van der Waals surface area (Å²) in [6.07, 6.45) is 2.32. The molecule has 2 heterocycles. The molecule has 1 saturated carbocycles. The predicted molar refractivity (Wildman–Crippen MR) is 93.4 cm³/mol. The highest BCUT2D eigenvalue weighted by atomic mass is 32.1. The number of nitrogens with zero attached hydrogens (tertiary/aromatic N) is 1. The number of hydrogen-bond acceptors (Lipinski definition) is 6. The Balaban J connectivity index is 1.53. The van der Waals surface area contributed by atoms with Gasteiger partial charge >= 0.3 is 0 Å². The zero-order valence-electron chi connectivity index (χ0n) is 13.0. The second-order valence-electron chi connectivity index (χ2n) is 5.79. The van der Waals surface area contributed by atoms with Crippen LogP contribution in [0.25, 0.3) is 9.88 Å². The van der Waals surface area contributed by atoms with Crippen molar-refractivity contribution in [1.82, 2.24) is 10.3 Å². The lowest BCUT2D eigenvalue weighted by molar-refractivity contribution is -0.128. The van der Waals surface area contributed by atoms with E-state index in [2.05, 4.69) is 16.4 Å². The van der Waals surface area contributed by atoms with Crippen LogP contribution in [-0.4, -0.2) is 30.1 Å². The summed E-state index contributed by atoms with van der Waals surface area (Å²) >= 11 is 3.28. The lowest BCUT2D eigenvalue weighted by Crippen LogP contribution is -2.45. The summed E-state index contributed by atoms with van der Waals surface area (Å²) in [7, 11) is 1.66. The summed E-state index contributed by atoms with van der Waals surface area (Å²) in [5, 5.41) is 8.05. The Morgan fingerprint density at radius 1 is 1.48 bits per heavy atom. The van der Waals surface area contributed by atoms with E-state index in [-0.39, 0.29) is 24.0 Å². The molecule has 3 N–H and O–H groups in total. The van der Waals surface area contributed by atoms with E-state index in [1.807, 2.05) is 16.8 Å². The van der Waals surface area contributed by atoms with Crippen LogP contribution in [0.2, 0.25) is 0 Å². The molecule has 0 aromatic carbocycles. The number of nitrogens with two attached hydrogens (primary N) is 1. The number of methoxy groups -OCH3 is 1. The number of nitrogens with one attached hydrogen (secondary N) is 1. The summed E-state index contributed by atoms with van der Waals surface area (Å²) < 4.78 is 5.38. The molecule has 1 aliphatic rings. The highest BCUT2D eigenvalue weighted by Gasteiger charge is 2.31. The maximum Gasteiger partial charge on any atom is 0.223 e. The molecule has 1 amide bonds. The fraction of sp³-hybridized carbons (Fsp3) is 0.500. The first-order valence-corrected chi connectivity index (χ1v) is 9.47. The van der Waals surface area contributed by atoms with Gasteiger partial charge in [0.1, 0.15) is 5.01 Å². The van der Waals surface area contributed by atoms with Gasteiger partial charge in [-0.25, -0.2) is 4.98 Å². The number of aromatic nitrogens is 1. The largest absolute Gasteiger partial charge is 0.380 e. The fourth-order valence-electron chi connectivity index (χ4n) is 2.89. The summed E-state index contributed by atoms with van der Waals surface area (Å²) in [5.74, 6) is 0.0553. The highest BCUT2D eigenvalue weighted by Crippen LogP contribution is 2.28. The number of ether oxygens (including phenoxy) is 1. The van der Waals surface area contributed by atoms with Crippen LogP contribution in [0, 0.1) is 5.92 Å². The van der Waals surface area contributed by atoms with Crippen molar-refractivity contribution in [3.8, 4) is 9.88 Å². The molecule has 3 rings (SSSR count). The van der Waals surface area contributed by atoms with Crippen molar-refractivity contribution in [2.75, 3.05) is 7.11 Å². The van der Waals surface area contributed by atoms with E-state index in [0.29, 0.717) is 13.0 Å². The van der Waals surface area contributed by atoms with Gasteiger partial charge in [-0.15, -0.1) is 22.7 Å². The Morgan fingerprint density at radius 2 is 2.35 bits per heavy atom. The van der Waals surface area contributed by atoms with Crippen LogP contribution in [0.15, 0.2) is 22.9 Å². The van der Waals surface area contributed by atoms with Crippen molar-refractivity contribution in [2.45, 2.75) is 38.0 Å². The van der Waals surface area contributed by atoms with Gasteiger partial charge in [0.2, 0.25) is 5.91 Å². The quantitative estimate of drug-likeness (QED) is 0.868. The van der Waals surface area contributed by atoms with Crippen LogP contribution in [0.5, 0.6) is 0 Å². The predicted octanol–water partition coefficient (Wildman–Crippen LogP) is 2.63. The van der Waals surface area contributed by atoms with Gasteiger partial charge in [-0.1, -0.05) is 6.07 Å². The second kappa shape index (κ2) is 7.53. The molecule has 1 fully saturated rings. The van der Waals surface area contributed by atoms with E-state index in [9.17, 15) is 4.79 Å². The third-order valence-electron chi connectivity index (χ3n) is 4.24. The van der Waals surface area contributed by atoms with Crippen LogP contribution >= 0.6 is 22.7 Å². The first-order valence-electron chi connectivity index (χ1n) is 7.71. The minimum absolute atomic E-state index is 0.0184. The monoisotopic (exact) mass is 351 g/mol. The smallest absolute Gasteiger partial charge is 0.223 e. The number of rotatable bonds is 5. The van der Waals surface area contributed by atoms with Crippen LogP contribution in [0.1, 0.15) is 25.0 Å². The van der Waals surface area contributed by atoms with Gasteiger partial charge in [0.25, 0.3) is 0 Å². The van der Waals surface area contributed by atoms with Gasteiger partial charge in [-0.05, 0) is 30.7 Å². The van der Waals surface area contributed by atoms with E-state index < -0.39 is 0 Å². The fourth-order valence-corrected chi connectivity index (χ4v) is 4.52. The third kappa shape index (κ3) is 3.98. The number of amides is 1. The molecule has 5 nitrogen and oxygen atoms in total. The van der Waals surface area contributed by atoms with E-state index >= 15 is 0 Å². The first-order chi connectivity index (χ1) is 11.2. The topological polar surface area (TPSA) is 77.2 Å². The lowest BCUT2D eigenvalue weighted by Gasteiger charge is -2.32. The number of thiophene rings is 1. The zero-order chi connectivity index (χ0) is 16.2. The minimum Gasteiger partial charge on any atom is -0.380 e. The van der Waals surface area contributed by atoms with Crippen molar-refractivity contribution < 1.29 is 9.53 Å². The molecule has 2 aromatic heterocycles. The van der Waals surface area contributed by atoms with E-state index in [1.165, 1.54) is 0 Å². The third-order valence-corrected chi connectivity index (χ3v) is 6.17. The Hall–Kier alpha value is -1.28. The van der Waals surface area contributed by atoms with Gasteiger partial charge in [0, 0.05) is 24.4 Å². The van der Waals surface area contributed by atoms with Gasteiger partial charge < -0.3 is 15.8 Å². The average Bonchev–Trinajstić information content (AvgIpc) is 3.24. The van der Waals surface area contributed by atoms with E-state index in [1.54, 1.807) is 29.8 Å². The molecule has 124 valence electrons. The van der Waals surface area contributed by atoms with Crippen molar-refractivity contribution >= 4 is 28.6 Å². The first kappa shape index (κ1) is 16.6. The molecule has 2 aromatic rings.